The van der Waals surface area contributed by atoms with Crippen molar-refractivity contribution in [2.45, 2.75) is 45.2 Å². The zero-order valence-electron chi connectivity index (χ0n) is 16.2. The summed E-state index contributed by atoms with van der Waals surface area (Å²) in [4.78, 5) is 7.56. The lowest BCUT2D eigenvalue weighted by molar-refractivity contribution is 0.247. The summed E-state index contributed by atoms with van der Waals surface area (Å²) in [6.07, 6.45) is 4.74. The molecule has 0 bridgehead atoms. The van der Waals surface area contributed by atoms with Crippen LogP contribution >= 0.6 is 0 Å². The molecule has 1 fully saturated rings. The van der Waals surface area contributed by atoms with E-state index < -0.39 is 0 Å². The molecule has 1 saturated heterocycles. The highest BCUT2D eigenvalue weighted by molar-refractivity contribution is 5.76. The molecule has 2 heterocycles. The molecule has 1 unspecified atom stereocenters. The lowest BCUT2D eigenvalue weighted by atomic mass is 10.2. The van der Waals surface area contributed by atoms with Crippen LogP contribution in [0.2, 0.25) is 0 Å². The van der Waals surface area contributed by atoms with Gasteiger partial charge >= 0.3 is 0 Å². The van der Waals surface area contributed by atoms with Crippen LogP contribution in [0.25, 0.3) is 11.0 Å². The predicted molar refractivity (Wildman–Crippen MR) is 110 cm³/mol. The van der Waals surface area contributed by atoms with Crippen molar-refractivity contribution >= 4 is 11.0 Å². The van der Waals surface area contributed by atoms with Crippen LogP contribution in [0.4, 0.5) is 0 Å². The Balaban J connectivity index is 1.42. The van der Waals surface area contributed by atoms with Gasteiger partial charge in [0.15, 0.2) is 0 Å². The van der Waals surface area contributed by atoms with Crippen molar-refractivity contribution in [3.8, 4) is 5.75 Å². The second kappa shape index (κ2) is 8.57. The molecule has 1 aromatic heterocycles. The zero-order chi connectivity index (χ0) is 18.5. The number of aryl methyl sites for hydroxylation is 1. The molecule has 0 saturated carbocycles. The Morgan fingerprint density at radius 1 is 0.963 bits per heavy atom. The van der Waals surface area contributed by atoms with E-state index in [9.17, 15) is 0 Å². The third kappa shape index (κ3) is 4.16. The number of ether oxygens (including phenoxy) is 1. The summed E-state index contributed by atoms with van der Waals surface area (Å²) in [6.45, 7) is 6.44. The maximum Gasteiger partial charge on any atom is 0.127 e. The Morgan fingerprint density at radius 3 is 2.52 bits per heavy atom. The van der Waals surface area contributed by atoms with Crippen LogP contribution in [-0.2, 0) is 6.54 Å². The van der Waals surface area contributed by atoms with Crippen molar-refractivity contribution in [1.29, 1.82) is 0 Å². The summed E-state index contributed by atoms with van der Waals surface area (Å²) < 4.78 is 8.27. The number of imidazole rings is 1. The Morgan fingerprint density at radius 2 is 1.70 bits per heavy atom. The van der Waals surface area contributed by atoms with Crippen molar-refractivity contribution in [1.82, 2.24) is 14.5 Å². The molecule has 0 aliphatic carbocycles. The minimum absolute atomic E-state index is 0.375. The molecule has 0 spiro atoms. The molecule has 3 aromatic rings. The van der Waals surface area contributed by atoms with Crippen molar-refractivity contribution in [2.24, 2.45) is 0 Å². The normalized spacial score (nSPS) is 16.0. The second-order valence-corrected chi connectivity index (χ2v) is 7.40. The lowest BCUT2D eigenvalue weighted by Gasteiger charge is -2.24. The fraction of sp³-hybridized carbons (Fsp3) is 0.435. The molecule has 27 heavy (non-hydrogen) atoms. The van der Waals surface area contributed by atoms with Crippen LogP contribution in [-0.4, -0.2) is 34.1 Å². The Bertz CT molecular complexity index is 852. The van der Waals surface area contributed by atoms with Gasteiger partial charge in [-0.2, -0.15) is 0 Å². The van der Waals surface area contributed by atoms with Crippen LogP contribution < -0.4 is 4.74 Å². The molecule has 1 aliphatic heterocycles. The van der Waals surface area contributed by atoms with Gasteiger partial charge in [-0.3, -0.25) is 4.90 Å². The van der Waals surface area contributed by atoms with E-state index in [1.165, 1.54) is 37.3 Å². The molecule has 1 aliphatic rings. The SMILES string of the molecule is CC(c1nc2ccccc2n1CCCCOc1ccccc1)N1CCCC1. The van der Waals surface area contributed by atoms with Gasteiger partial charge in [0.2, 0.25) is 0 Å². The second-order valence-electron chi connectivity index (χ2n) is 7.40. The number of para-hydroxylation sites is 3. The average Bonchev–Trinajstić information content (AvgIpc) is 3.36. The fourth-order valence-electron chi connectivity index (χ4n) is 4.02. The summed E-state index contributed by atoms with van der Waals surface area (Å²) in [6, 6.07) is 19.0. The third-order valence-electron chi connectivity index (χ3n) is 5.53. The average molecular weight is 364 g/mol. The molecule has 0 radical (unpaired) electrons. The maximum atomic E-state index is 5.84. The van der Waals surface area contributed by atoms with Gasteiger partial charge in [-0.05, 0) is 70.0 Å². The van der Waals surface area contributed by atoms with E-state index in [0.29, 0.717) is 6.04 Å². The Kier molecular flexibility index (Phi) is 5.73. The van der Waals surface area contributed by atoms with Crippen molar-refractivity contribution < 1.29 is 4.74 Å². The predicted octanol–water partition coefficient (Wildman–Crippen LogP) is 5.05. The van der Waals surface area contributed by atoms with Gasteiger partial charge in [0, 0.05) is 6.54 Å². The molecule has 0 N–H and O–H groups in total. The number of aromatic nitrogens is 2. The van der Waals surface area contributed by atoms with Gasteiger partial charge in [0.1, 0.15) is 11.6 Å². The van der Waals surface area contributed by atoms with Crippen molar-refractivity contribution in [3.05, 3.63) is 60.4 Å². The molecule has 4 heteroatoms. The van der Waals surface area contributed by atoms with Gasteiger partial charge in [-0.25, -0.2) is 4.98 Å². The molecule has 2 aromatic carbocycles. The summed E-state index contributed by atoms with van der Waals surface area (Å²) >= 11 is 0. The van der Waals surface area contributed by atoms with Crippen LogP contribution in [0.3, 0.4) is 0 Å². The summed E-state index contributed by atoms with van der Waals surface area (Å²) in [5.41, 5.74) is 2.36. The van der Waals surface area contributed by atoms with E-state index in [2.05, 4.69) is 40.7 Å². The van der Waals surface area contributed by atoms with Gasteiger partial charge in [0.05, 0.1) is 23.7 Å². The Labute approximate surface area is 161 Å². The van der Waals surface area contributed by atoms with E-state index in [0.717, 1.165) is 37.3 Å². The number of likely N-dealkylation sites (tertiary alicyclic amines) is 1. The third-order valence-corrected chi connectivity index (χ3v) is 5.53. The lowest BCUT2D eigenvalue weighted by Crippen LogP contribution is -2.26. The van der Waals surface area contributed by atoms with E-state index >= 15 is 0 Å². The standard InChI is InChI=1S/C23H29N3O/c1-19(25-15-7-8-16-25)23-24-21-13-5-6-14-22(21)26(23)17-9-10-18-27-20-11-3-2-4-12-20/h2-6,11-14,19H,7-10,15-18H2,1H3. The van der Waals surface area contributed by atoms with Gasteiger partial charge in [-0.15, -0.1) is 0 Å². The van der Waals surface area contributed by atoms with Crippen molar-refractivity contribution in [3.63, 3.8) is 0 Å². The quantitative estimate of drug-likeness (QED) is 0.525. The number of rotatable bonds is 8. The number of nitrogens with zero attached hydrogens (tertiary/aromatic N) is 3. The molecular weight excluding hydrogens is 334 g/mol. The number of fused-ring (bicyclic) bond motifs is 1. The highest BCUT2D eigenvalue weighted by atomic mass is 16.5. The number of hydrogen-bond donors (Lipinski definition) is 0. The first-order chi connectivity index (χ1) is 13.3. The highest BCUT2D eigenvalue weighted by Crippen LogP contribution is 2.27. The van der Waals surface area contributed by atoms with Crippen LogP contribution in [0.5, 0.6) is 5.75 Å². The van der Waals surface area contributed by atoms with E-state index in [1.807, 2.05) is 30.3 Å². The topological polar surface area (TPSA) is 30.3 Å². The number of unbranched alkanes of at least 4 members (excludes halogenated alkanes) is 1. The van der Waals surface area contributed by atoms with Crippen molar-refractivity contribution in [2.75, 3.05) is 19.7 Å². The van der Waals surface area contributed by atoms with Gasteiger partial charge in [-0.1, -0.05) is 30.3 Å². The van der Waals surface area contributed by atoms with Gasteiger partial charge < -0.3 is 9.30 Å². The first-order valence-electron chi connectivity index (χ1n) is 10.2. The monoisotopic (exact) mass is 363 g/mol. The molecule has 4 rings (SSSR count). The minimum Gasteiger partial charge on any atom is -0.494 e. The van der Waals surface area contributed by atoms with E-state index in [4.69, 9.17) is 9.72 Å². The molecular formula is C23H29N3O. The molecule has 0 amide bonds. The number of hydrogen-bond acceptors (Lipinski definition) is 3. The largest absolute Gasteiger partial charge is 0.494 e. The smallest absolute Gasteiger partial charge is 0.127 e. The van der Waals surface area contributed by atoms with Crippen LogP contribution in [0.1, 0.15) is 44.5 Å². The van der Waals surface area contributed by atoms with E-state index in [-0.39, 0.29) is 0 Å². The molecule has 142 valence electrons. The number of benzene rings is 2. The Hall–Kier alpha value is -2.33. The summed E-state index contributed by atoms with van der Waals surface area (Å²) in [7, 11) is 0. The molecule has 4 nitrogen and oxygen atoms in total. The van der Waals surface area contributed by atoms with Crippen LogP contribution in [0.15, 0.2) is 54.6 Å². The van der Waals surface area contributed by atoms with Crippen LogP contribution in [0, 0.1) is 0 Å². The maximum absolute atomic E-state index is 5.84. The highest BCUT2D eigenvalue weighted by Gasteiger charge is 2.24. The summed E-state index contributed by atoms with van der Waals surface area (Å²) in [5, 5.41) is 0. The minimum atomic E-state index is 0.375. The first-order valence-corrected chi connectivity index (χ1v) is 10.2. The molecule has 1 atom stereocenters. The fourth-order valence-corrected chi connectivity index (χ4v) is 4.02. The van der Waals surface area contributed by atoms with Gasteiger partial charge in [0.25, 0.3) is 0 Å². The van der Waals surface area contributed by atoms with E-state index in [1.54, 1.807) is 0 Å². The zero-order valence-corrected chi connectivity index (χ0v) is 16.2. The first kappa shape index (κ1) is 18.1. The summed E-state index contributed by atoms with van der Waals surface area (Å²) in [5.74, 6) is 2.16.